The zero-order chi connectivity index (χ0) is 29.5. The van der Waals surface area contributed by atoms with Crippen LogP contribution in [0.15, 0.2) is 54.3 Å². The van der Waals surface area contributed by atoms with Crippen LogP contribution in [0.1, 0.15) is 127 Å². The molecule has 0 atom stereocenters. The van der Waals surface area contributed by atoms with Crippen molar-refractivity contribution in [3.05, 3.63) is 77.1 Å². The van der Waals surface area contributed by atoms with Gasteiger partial charge in [0, 0.05) is 38.0 Å². The van der Waals surface area contributed by atoms with Crippen molar-refractivity contribution in [2.45, 2.75) is 124 Å². The van der Waals surface area contributed by atoms with E-state index in [0.717, 1.165) is 48.4 Å². The minimum Gasteiger partial charge on any atom is -0.512 e. The van der Waals surface area contributed by atoms with Gasteiger partial charge in [0.25, 0.3) is 0 Å². The van der Waals surface area contributed by atoms with Crippen molar-refractivity contribution in [1.82, 2.24) is 4.98 Å². The second kappa shape index (κ2) is 17.4. The Hall–Kier alpha value is -2.29. The molecule has 6 rings (SSSR count). The average Bonchev–Trinajstić information content (AvgIpc) is 3.01. The van der Waals surface area contributed by atoms with E-state index in [1.165, 1.54) is 86.3 Å². The molecule has 3 aromatic rings. The van der Waals surface area contributed by atoms with Crippen molar-refractivity contribution in [1.29, 1.82) is 0 Å². The molecule has 1 aromatic heterocycles. The van der Waals surface area contributed by atoms with E-state index in [1.807, 2.05) is 0 Å². The SMILES string of the molecule is C.Cc1[c-]c(-c2ccc3ccc(C4CCC(C)CC4)cc3n2)cc(C)c1.O=C(C=C(O)C1CCCCC1)C1CCCCC1.[Ir]. The molecule has 3 nitrogen and oxygen atoms in total. The number of carbonyl (C=O) groups excluding carboxylic acids is 1. The number of ketones is 1. The second-order valence-electron chi connectivity index (χ2n) is 13.5. The van der Waals surface area contributed by atoms with Crippen LogP contribution >= 0.6 is 0 Å². The summed E-state index contributed by atoms with van der Waals surface area (Å²) in [6.45, 7) is 6.61. The Morgan fingerprint density at radius 1 is 0.818 bits per heavy atom. The Morgan fingerprint density at radius 3 is 2.07 bits per heavy atom. The fourth-order valence-electron chi connectivity index (χ4n) is 7.33. The first kappa shape index (κ1) is 36.2. The number of hydrogen-bond donors (Lipinski definition) is 1. The van der Waals surface area contributed by atoms with E-state index in [4.69, 9.17) is 4.98 Å². The van der Waals surface area contributed by atoms with E-state index in [9.17, 15) is 9.90 Å². The molecule has 44 heavy (non-hydrogen) atoms. The maximum absolute atomic E-state index is 12.0. The van der Waals surface area contributed by atoms with E-state index >= 15 is 0 Å². The normalized spacial score (nSPS) is 21.4. The predicted molar refractivity (Wildman–Crippen MR) is 181 cm³/mol. The number of pyridine rings is 1. The number of hydrogen-bond acceptors (Lipinski definition) is 3. The van der Waals surface area contributed by atoms with E-state index in [1.54, 1.807) is 6.08 Å². The first-order valence-electron chi connectivity index (χ1n) is 16.7. The number of allylic oxidation sites excluding steroid dienone is 2. The average molecular weight is 773 g/mol. The molecule has 241 valence electrons. The fourth-order valence-corrected chi connectivity index (χ4v) is 7.33. The van der Waals surface area contributed by atoms with Crippen molar-refractivity contribution in [2.75, 3.05) is 0 Å². The van der Waals surface area contributed by atoms with Crippen LogP contribution in [-0.4, -0.2) is 15.9 Å². The standard InChI is InChI=1S/C24H26N.C15H24O2.CH4.Ir/c1-16-4-6-19(7-5-16)21-9-8-20-10-11-23(25-24(20)15-21)22-13-17(2)12-18(3)14-22;16-14(12-7-3-1-4-8-12)11-15(17)13-9-5-2-6-10-13;;/h8-13,15-16,19H,4-7H2,1-3H3;11-13,16H,1-10H2;1H4;/q-1;;;. The molecular formula is C40H54IrNO2-. The van der Waals surface area contributed by atoms with Crippen molar-refractivity contribution in [2.24, 2.45) is 17.8 Å². The van der Waals surface area contributed by atoms with Crippen molar-refractivity contribution >= 4 is 16.7 Å². The third-order valence-corrected chi connectivity index (χ3v) is 9.95. The number of aliphatic hydroxyl groups is 1. The molecule has 3 aliphatic rings. The van der Waals surface area contributed by atoms with Crippen LogP contribution in [0, 0.1) is 37.7 Å². The predicted octanol–water partition coefficient (Wildman–Crippen LogP) is 11.4. The molecule has 4 heteroatoms. The summed E-state index contributed by atoms with van der Waals surface area (Å²) < 4.78 is 0. The van der Waals surface area contributed by atoms with Gasteiger partial charge in [-0.3, -0.25) is 9.78 Å². The van der Waals surface area contributed by atoms with Crippen LogP contribution in [0.2, 0.25) is 0 Å². The number of aromatic nitrogens is 1. The molecular weight excluding hydrogens is 719 g/mol. The summed E-state index contributed by atoms with van der Waals surface area (Å²) in [5.41, 5.74) is 7.12. The number of benzene rings is 2. The fraction of sp³-hybridized carbons (Fsp3) is 0.550. The van der Waals surface area contributed by atoms with Crippen LogP contribution < -0.4 is 0 Å². The molecule has 3 aliphatic carbocycles. The van der Waals surface area contributed by atoms with Crippen LogP contribution in [-0.2, 0) is 24.9 Å². The molecule has 1 N–H and O–H groups in total. The molecule has 3 saturated carbocycles. The first-order valence-corrected chi connectivity index (χ1v) is 16.7. The summed E-state index contributed by atoms with van der Waals surface area (Å²) in [6, 6.07) is 19.0. The minimum atomic E-state index is 0. The number of aryl methyl sites for hydroxylation is 2. The molecule has 3 fully saturated rings. The summed E-state index contributed by atoms with van der Waals surface area (Å²) in [5, 5.41) is 11.2. The summed E-state index contributed by atoms with van der Waals surface area (Å²) in [7, 11) is 0. The summed E-state index contributed by atoms with van der Waals surface area (Å²) in [6.07, 6.45) is 18.3. The van der Waals surface area contributed by atoms with Gasteiger partial charge in [-0.25, -0.2) is 0 Å². The third-order valence-electron chi connectivity index (χ3n) is 9.95. The zero-order valence-electron chi connectivity index (χ0n) is 26.5. The smallest absolute Gasteiger partial charge is 0.162 e. The summed E-state index contributed by atoms with van der Waals surface area (Å²) in [5.74, 6) is 2.58. The van der Waals surface area contributed by atoms with Gasteiger partial charge < -0.3 is 5.11 Å². The van der Waals surface area contributed by atoms with Gasteiger partial charge in [-0.15, -0.1) is 34.9 Å². The first-order chi connectivity index (χ1) is 20.4. The Labute approximate surface area is 280 Å². The van der Waals surface area contributed by atoms with Crippen molar-refractivity contribution in [3.8, 4) is 11.3 Å². The molecule has 0 aliphatic heterocycles. The molecule has 0 unspecified atom stereocenters. The maximum Gasteiger partial charge on any atom is 0.162 e. The van der Waals surface area contributed by atoms with Gasteiger partial charge >= 0.3 is 0 Å². The third kappa shape index (κ3) is 9.85. The largest absolute Gasteiger partial charge is 0.512 e. The minimum absolute atomic E-state index is 0. The van der Waals surface area contributed by atoms with Crippen LogP contribution in [0.25, 0.3) is 22.2 Å². The van der Waals surface area contributed by atoms with Gasteiger partial charge in [0.05, 0.1) is 11.3 Å². The van der Waals surface area contributed by atoms with Gasteiger partial charge in [0.15, 0.2) is 5.78 Å². The molecule has 2 aromatic carbocycles. The number of rotatable bonds is 5. The summed E-state index contributed by atoms with van der Waals surface area (Å²) in [4.78, 5) is 17.0. The van der Waals surface area contributed by atoms with Gasteiger partial charge in [-0.2, -0.15) is 0 Å². The number of carbonyl (C=O) groups is 1. The Bertz CT molecular complexity index is 1360. The summed E-state index contributed by atoms with van der Waals surface area (Å²) >= 11 is 0. The van der Waals surface area contributed by atoms with Gasteiger partial charge in [0.1, 0.15) is 0 Å². The quantitative estimate of drug-likeness (QED) is 0.160. The Morgan fingerprint density at radius 2 is 1.43 bits per heavy atom. The van der Waals surface area contributed by atoms with Crippen LogP contribution in [0.5, 0.6) is 0 Å². The molecule has 0 amide bonds. The topological polar surface area (TPSA) is 50.2 Å². The molecule has 1 radical (unpaired) electrons. The van der Waals surface area contributed by atoms with Gasteiger partial charge in [-0.05, 0) is 73.1 Å². The second-order valence-corrected chi connectivity index (χ2v) is 13.5. The molecule has 0 saturated heterocycles. The van der Waals surface area contributed by atoms with E-state index in [2.05, 4.69) is 69.3 Å². The monoisotopic (exact) mass is 773 g/mol. The van der Waals surface area contributed by atoms with Crippen LogP contribution in [0.4, 0.5) is 0 Å². The van der Waals surface area contributed by atoms with Crippen molar-refractivity contribution in [3.63, 3.8) is 0 Å². The van der Waals surface area contributed by atoms with E-state index in [-0.39, 0.29) is 45.2 Å². The molecule has 1 heterocycles. The van der Waals surface area contributed by atoms with Gasteiger partial charge in [0.2, 0.25) is 0 Å². The number of nitrogens with zero attached hydrogens (tertiary/aromatic N) is 1. The Kier molecular flexibility index (Phi) is 14.3. The molecule has 0 bridgehead atoms. The Balaban J connectivity index is 0.000000246. The zero-order valence-corrected chi connectivity index (χ0v) is 28.9. The number of fused-ring (bicyclic) bond motifs is 1. The van der Waals surface area contributed by atoms with Gasteiger partial charge in [-0.1, -0.05) is 104 Å². The number of aliphatic hydroxyl groups excluding tert-OH is 1. The van der Waals surface area contributed by atoms with Crippen LogP contribution in [0.3, 0.4) is 0 Å². The van der Waals surface area contributed by atoms with E-state index in [0.29, 0.717) is 11.7 Å². The maximum atomic E-state index is 12.0. The molecule has 0 spiro atoms. The van der Waals surface area contributed by atoms with Crippen molar-refractivity contribution < 1.29 is 30.0 Å². The van der Waals surface area contributed by atoms with E-state index < -0.39 is 0 Å².